The Morgan fingerprint density at radius 2 is 1.72 bits per heavy atom. The van der Waals surface area contributed by atoms with Crippen LogP contribution in [0.15, 0.2) is 53.4 Å². The average molecular weight is 646 g/mol. The van der Waals surface area contributed by atoms with Crippen LogP contribution in [-0.2, 0) is 10.0 Å². The second-order valence-electron chi connectivity index (χ2n) is 14.4. The van der Waals surface area contributed by atoms with Gasteiger partial charge in [0.1, 0.15) is 6.61 Å². The van der Waals surface area contributed by atoms with Gasteiger partial charge < -0.3 is 14.7 Å². The molecule has 2 saturated carbocycles. The second-order valence-corrected chi connectivity index (χ2v) is 16.1. The molecular weight excluding hydrogens is 602 g/mol. The monoisotopic (exact) mass is 645 g/mol. The van der Waals surface area contributed by atoms with Gasteiger partial charge >= 0.3 is 0 Å². The Hall–Kier alpha value is -3.54. The predicted molar refractivity (Wildman–Crippen MR) is 175 cm³/mol. The van der Waals surface area contributed by atoms with Crippen LogP contribution in [0.4, 0.5) is 5.95 Å². The quantitative estimate of drug-likeness (QED) is 0.406. The molecule has 4 bridgehead atoms. The number of aliphatic hydroxyl groups is 1. The zero-order valence-electron chi connectivity index (χ0n) is 26.9. The van der Waals surface area contributed by atoms with Crippen LogP contribution in [-0.4, -0.2) is 83.1 Å². The number of sulfonamides is 1. The van der Waals surface area contributed by atoms with Crippen molar-refractivity contribution in [3.63, 3.8) is 0 Å². The largest absolute Gasteiger partial charge is 0.475 e. The van der Waals surface area contributed by atoms with Crippen molar-refractivity contribution in [2.75, 3.05) is 24.4 Å². The van der Waals surface area contributed by atoms with Crippen molar-refractivity contribution in [2.45, 2.75) is 88.9 Å². The molecule has 7 rings (SSSR count). The van der Waals surface area contributed by atoms with E-state index in [1.54, 1.807) is 18.2 Å². The average Bonchev–Trinajstić information content (AvgIpc) is 2.93. The predicted octanol–water partition coefficient (Wildman–Crippen LogP) is 4.80. The highest BCUT2D eigenvalue weighted by Crippen LogP contribution is 2.51. The van der Waals surface area contributed by atoms with Crippen LogP contribution in [0.2, 0.25) is 0 Å². The van der Waals surface area contributed by atoms with Gasteiger partial charge in [-0.25, -0.2) is 18.1 Å². The number of aryl methyl sites for hydroxylation is 2. The molecule has 3 heterocycles. The van der Waals surface area contributed by atoms with Gasteiger partial charge in [0.05, 0.1) is 22.7 Å². The molecule has 1 saturated heterocycles. The summed E-state index contributed by atoms with van der Waals surface area (Å²) >= 11 is 0. The highest BCUT2D eigenvalue weighted by molar-refractivity contribution is 7.92. The Labute approximate surface area is 271 Å². The van der Waals surface area contributed by atoms with Crippen LogP contribution >= 0.6 is 0 Å². The van der Waals surface area contributed by atoms with Gasteiger partial charge in [-0.2, -0.15) is 4.98 Å². The molecule has 11 heteroatoms. The summed E-state index contributed by atoms with van der Waals surface area (Å²) in [6.07, 6.45) is 4.05. The molecule has 2 aliphatic carbocycles. The summed E-state index contributed by atoms with van der Waals surface area (Å²) < 4.78 is 36.2. The van der Waals surface area contributed by atoms with Crippen LogP contribution in [0.5, 0.6) is 5.88 Å². The van der Waals surface area contributed by atoms with Gasteiger partial charge in [0.25, 0.3) is 15.9 Å². The van der Waals surface area contributed by atoms with Gasteiger partial charge in [-0.15, -0.1) is 0 Å². The van der Waals surface area contributed by atoms with Gasteiger partial charge in [0, 0.05) is 47.8 Å². The molecule has 10 nitrogen and oxygen atoms in total. The molecule has 3 aromatic rings. The van der Waals surface area contributed by atoms with E-state index in [1.165, 1.54) is 12.1 Å². The van der Waals surface area contributed by atoms with Crippen molar-refractivity contribution in [3.05, 3.63) is 65.2 Å². The van der Waals surface area contributed by atoms with Gasteiger partial charge in [-0.05, 0) is 81.2 Å². The summed E-state index contributed by atoms with van der Waals surface area (Å²) in [6.45, 7) is 10.5. The Kier molecular flexibility index (Phi) is 7.84. The molecule has 244 valence electrons. The summed E-state index contributed by atoms with van der Waals surface area (Å²) in [4.78, 5) is 27.9. The second kappa shape index (κ2) is 11.6. The Bertz CT molecular complexity index is 1740. The minimum absolute atomic E-state index is 0.00281. The molecule has 4 aliphatic rings. The number of rotatable bonds is 5. The third-order valence-corrected chi connectivity index (χ3v) is 11.6. The number of nitrogens with zero attached hydrogens (tertiary/aromatic N) is 4. The molecule has 1 aromatic heterocycles. The first-order valence-electron chi connectivity index (χ1n) is 16.4. The third-order valence-electron chi connectivity index (χ3n) is 10.3. The molecule has 2 aromatic carbocycles. The molecule has 2 N–H and O–H groups in total. The number of aromatic nitrogens is 2. The molecule has 1 spiro atoms. The Morgan fingerprint density at radius 3 is 2.39 bits per heavy atom. The maximum Gasteiger partial charge on any atom is 0.264 e. The highest BCUT2D eigenvalue weighted by atomic mass is 32.2. The zero-order chi connectivity index (χ0) is 32.4. The Morgan fingerprint density at radius 1 is 1.02 bits per heavy atom. The van der Waals surface area contributed by atoms with Crippen LogP contribution in [0, 0.1) is 25.2 Å². The lowest BCUT2D eigenvalue weighted by Crippen LogP contribution is -2.69. The number of hydrogen-bond donors (Lipinski definition) is 2. The number of ether oxygens (including phenoxy) is 1. The first kappa shape index (κ1) is 31.1. The van der Waals surface area contributed by atoms with Crippen molar-refractivity contribution >= 4 is 21.9 Å². The van der Waals surface area contributed by atoms with E-state index in [0.29, 0.717) is 17.3 Å². The summed E-state index contributed by atoms with van der Waals surface area (Å²) in [7, 11) is -4.12. The van der Waals surface area contributed by atoms with E-state index in [9.17, 15) is 18.3 Å². The molecule has 2 aliphatic heterocycles. The molecular formula is C35H43N5O5S. The fraction of sp³-hybridized carbons (Fsp3) is 0.514. The summed E-state index contributed by atoms with van der Waals surface area (Å²) in [5.74, 6) is 0.259. The van der Waals surface area contributed by atoms with Crippen molar-refractivity contribution in [3.8, 4) is 17.1 Å². The van der Waals surface area contributed by atoms with Gasteiger partial charge in [-0.1, -0.05) is 38.1 Å². The van der Waals surface area contributed by atoms with Gasteiger partial charge in [0.15, 0.2) is 0 Å². The topological polar surface area (TPSA) is 125 Å². The van der Waals surface area contributed by atoms with Crippen LogP contribution < -0.4 is 9.46 Å². The smallest absolute Gasteiger partial charge is 0.264 e. The number of fused-ring (bicyclic) bond motifs is 4. The molecule has 3 fully saturated rings. The van der Waals surface area contributed by atoms with E-state index < -0.39 is 10.0 Å². The fourth-order valence-corrected chi connectivity index (χ4v) is 8.98. The summed E-state index contributed by atoms with van der Waals surface area (Å²) in [5.41, 5.74) is 4.06. The molecule has 1 atom stereocenters. The van der Waals surface area contributed by atoms with E-state index in [4.69, 9.17) is 4.74 Å². The van der Waals surface area contributed by atoms with Crippen LogP contribution in [0.1, 0.15) is 67.4 Å². The minimum atomic E-state index is -4.12. The fourth-order valence-electron chi connectivity index (χ4n) is 7.99. The van der Waals surface area contributed by atoms with E-state index in [0.717, 1.165) is 61.9 Å². The van der Waals surface area contributed by atoms with Crippen LogP contribution in [0.25, 0.3) is 11.3 Å². The number of carbonyl (C=O) groups is 1. The number of carbonyl (C=O) groups excluding carboxylic acids is 1. The number of anilines is 1. The molecule has 46 heavy (non-hydrogen) atoms. The minimum Gasteiger partial charge on any atom is -0.475 e. The number of nitrogens with one attached hydrogen (secondary N) is 1. The molecule has 1 amide bonds. The lowest BCUT2D eigenvalue weighted by atomic mass is 9.60. The van der Waals surface area contributed by atoms with Gasteiger partial charge in [0.2, 0.25) is 11.8 Å². The molecule has 0 unspecified atom stereocenters. The highest BCUT2D eigenvalue weighted by Gasteiger charge is 2.55. The van der Waals surface area contributed by atoms with Crippen molar-refractivity contribution in [2.24, 2.45) is 11.3 Å². The summed E-state index contributed by atoms with van der Waals surface area (Å²) in [6, 6.07) is 14.1. The molecule has 0 radical (unpaired) electrons. The first-order valence-corrected chi connectivity index (χ1v) is 17.8. The van der Waals surface area contributed by atoms with E-state index in [2.05, 4.69) is 33.4 Å². The van der Waals surface area contributed by atoms with Crippen molar-refractivity contribution < 1.29 is 23.1 Å². The van der Waals surface area contributed by atoms with Crippen molar-refractivity contribution in [1.82, 2.24) is 19.8 Å². The number of hydrogen-bond acceptors (Lipinski definition) is 8. The maximum atomic E-state index is 14.4. The lowest BCUT2D eigenvalue weighted by molar-refractivity contribution is -0.158. The SMILES string of the molecule is Cc1cccc(C)c1-c1cc2nc(n1)NS(=O)(=O)c1cccc(c1)C(=O)N([C@H]1C[C@@H](N3CC4(CC(O)C4)C3)C1)[C@H](CC(C)C)CO2. The van der Waals surface area contributed by atoms with E-state index >= 15 is 0 Å². The number of aliphatic hydroxyl groups excluding tert-OH is 1. The van der Waals surface area contributed by atoms with Gasteiger partial charge in [-0.3, -0.25) is 9.69 Å². The lowest BCUT2D eigenvalue weighted by Gasteiger charge is -2.63. The normalized spacial score (nSPS) is 25.7. The zero-order valence-corrected chi connectivity index (χ0v) is 27.8. The standard InChI is InChI=1S/C35H43N5O5S/c1-21(2)11-27-18-45-31-15-30(32-22(3)7-5-8-23(32)4)36-34(37-31)38-46(43,44)29-10-6-9-24(12-29)33(42)40(27)26-13-25(14-26)39-19-35(20-39)16-28(41)17-35/h5-10,12,15,21,25-28,41H,11,13-14,16-20H2,1-4H3,(H,36,37,38)/t25-,26+,27-/m1/s1. The van der Waals surface area contributed by atoms with Crippen molar-refractivity contribution in [1.29, 1.82) is 0 Å². The third kappa shape index (κ3) is 5.77. The van der Waals surface area contributed by atoms with Crippen LogP contribution in [0.3, 0.4) is 0 Å². The number of benzene rings is 2. The first-order chi connectivity index (χ1) is 21.9. The Balaban J connectivity index is 1.24. The number of amides is 1. The van der Waals surface area contributed by atoms with E-state index in [1.807, 2.05) is 36.9 Å². The number of likely N-dealkylation sites (tertiary alicyclic amines) is 1. The summed E-state index contributed by atoms with van der Waals surface area (Å²) in [5, 5.41) is 9.84. The maximum absolute atomic E-state index is 14.4. The van der Waals surface area contributed by atoms with E-state index in [-0.39, 0.29) is 58.8 Å².